The largest absolute Gasteiger partial charge is 0.489 e. The van der Waals surface area contributed by atoms with E-state index in [4.69, 9.17) is 4.74 Å². The number of aldehydes is 1. The number of rotatable bonds is 5. The van der Waals surface area contributed by atoms with E-state index in [1.165, 1.54) is 24.3 Å². The Morgan fingerprint density at radius 2 is 1.42 bits per heavy atom. The van der Waals surface area contributed by atoms with Gasteiger partial charge in [0, 0.05) is 10.9 Å². The van der Waals surface area contributed by atoms with Crippen LogP contribution in [-0.2, 0) is 11.9 Å². The van der Waals surface area contributed by atoms with Crippen molar-refractivity contribution in [3.05, 3.63) is 101 Å². The van der Waals surface area contributed by atoms with Gasteiger partial charge in [-0.15, -0.1) is 0 Å². The first-order valence-electron chi connectivity index (χ1n) is 7.83. The fraction of sp³-hybridized carbons (Fsp3) is 0.0952. The molecular weight excluding hydrogens is 402 g/mol. The van der Waals surface area contributed by atoms with E-state index in [1.54, 1.807) is 42.5 Å². The summed E-state index contributed by atoms with van der Waals surface area (Å²) >= 11 is 3.22. The summed E-state index contributed by atoms with van der Waals surface area (Å²) in [5, 5.41) is 0.713. The summed E-state index contributed by atoms with van der Waals surface area (Å²) in [5.41, 5.74) is 2.34. The number of hydrogen-bond acceptors (Lipinski definition) is 2. The van der Waals surface area contributed by atoms with Crippen molar-refractivity contribution in [3.63, 3.8) is 0 Å². The molecule has 26 heavy (non-hydrogen) atoms. The van der Waals surface area contributed by atoms with Crippen molar-refractivity contribution in [3.8, 4) is 5.75 Å². The van der Waals surface area contributed by atoms with Gasteiger partial charge in [0.1, 0.15) is 30.3 Å². The van der Waals surface area contributed by atoms with Gasteiger partial charge in [-0.05, 0) is 59.7 Å². The lowest BCUT2D eigenvalue weighted by Crippen LogP contribution is -1.95. The highest BCUT2D eigenvalue weighted by Crippen LogP contribution is 2.14. The van der Waals surface area contributed by atoms with Crippen LogP contribution in [0.25, 0.3) is 0 Å². The number of hydrogen-bond donors (Lipinski definition) is 0. The summed E-state index contributed by atoms with van der Waals surface area (Å²) in [4.78, 5) is 10.5. The van der Waals surface area contributed by atoms with Gasteiger partial charge < -0.3 is 4.74 Å². The standard InChI is InChI=1S/C14H11FO2.C7H6BrF/c15-13-3-1-2-12(8-13)10-17-14-6-4-11(9-16)5-7-14;8-5-6-2-1-3-7(9)4-6/h1-9H,10H2;1-4H,5H2. The van der Waals surface area contributed by atoms with Crippen LogP contribution in [-0.4, -0.2) is 6.29 Å². The quantitative estimate of drug-likeness (QED) is 0.378. The third kappa shape index (κ3) is 6.76. The Morgan fingerprint density at radius 3 is 1.92 bits per heavy atom. The highest BCUT2D eigenvalue weighted by molar-refractivity contribution is 9.08. The summed E-state index contributed by atoms with van der Waals surface area (Å²) in [6, 6.07) is 19.5. The lowest BCUT2D eigenvalue weighted by Gasteiger charge is -2.06. The maximum absolute atomic E-state index is 12.9. The Morgan fingerprint density at radius 1 is 0.846 bits per heavy atom. The Bertz CT molecular complexity index is 835. The number of halogens is 3. The van der Waals surface area contributed by atoms with Crippen molar-refractivity contribution in [1.82, 2.24) is 0 Å². The molecule has 0 bridgehead atoms. The molecule has 0 spiro atoms. The number of alkyl halides is 1. The molecule has 0 unspecified atom stereocenters. The highest BCUT2D eigenvalue weighted by atomic mass is 79.9. The van der Waals surface area contributed by atoms with Gasteiger partial charge in [0.2, 0.25) is 0 Å². The molecule has 2 nitrogen and oxygen atoms in total. The van der Waals surface area contributed by atoms with E-state index in [-0.39, 0.29) is 11.6 Å². The third-order valence-corrected chi connectivity index (χ3v) is 4.00. The summed E-state index contributed by atoms with van der Waals surface area (Å²) in [6.07, 6.45) is 0.774. The molecule has 0 saturated heterocycles. The molecule has 0 atom stereocenters. The molecule has 0 heterocycles. The Hall–Kier alpha value is -2.53. The molecule has 3 aromatic rings. The van der Waals surface area contributed by atoms with Crippen LogP contribution in [0.3, 0.4) is 0 Å². The topological polar surface area (TPSA) is 26.3 Å². The van der Waals surface area contributed by atoms with Crippen LogP contribution < -0.4 is 4.74 Å². The minimum atomic E-state index is -0.276. The molecule has 0 aliphatic rings. The lowest BCUT2D eigenvalue weighted by molar-refractivity contribution is 0.112. The van der Waals surface area contributed by atoms with E-state index in [1.807, 2.05) is 6.07 Å². The van der Waals surface area contributed by atoms with Crippen molar-refractivity contribution in [2.45, 2.75) is 11.9 Å². The molecule has 0 saturated carbocycles. The van der Waals surface area contributed by atoms with Gasteiger partial charge in [-0.3, -0.25) is 4.79 Å². The van der Waals surface area contributed by atoms with Gasteiger partial charge in [0.25, 0.3) is 0 Å². The van der Waals surface area contributed by atoms with Crippen LogP contribution in [0.4, 0.5) is 8.78 Å². The van der Waals surface area contributed by atoms with E-state index < -0.39 is 0 Å². The average molecular weight is 419 g/mol. The smallest absolute Gasteiger partial charge is 0.150 e. The molecule has 0 aromatic heterocycles. The zero-order chi connectivity index (χ0) is 18.8. The summed E-state index contributed by atoms with van der Waals surface area (Å²) in [7, 11) is 0. The molecule has 3 rings (SSSR count). The fourth-order valence-electron chi connectivity index (χ4n) is 2.06. The number of benzene rings is 3. The summed E-state index contributed by atoms with van der Waals surface area (Å²) in [5.74, 6) is 0.203. The molecule has 0 amide bonds. The zero-order valence-electron chi connectivity index (χ0n) is 13.9. The van der Waals surface area contributed by atoms with Crippen molar-refractivity contribution < 1.29 is 18.3 Å². The predicted molar refractivity (Wildman–Crippen MR) is 102 cm³/mol. The van der Waals surface area contributed by atoms with Gasteiger partial charge in [-0.1, -0.05) is 40.2 Å². The fourth-order valence-corrected chi connectivity index (χ4v) is 2.40. The molecule has 0 radical (unpaired) electrons. The highest BCUT2D eigenvalue weighted by Gasteiger charge is 1.98. The van der Waals surface area contributed by atoms with Crippen molar-refractivity contribution in [1.29, 1.82) is 0 Å². The molecule has 3 aromatic carbocycles. The Balaban J connectivity index is 0.000000228. The Labute approximate surface area is 159 Å². The van der Waals surface area contributed by atoms with Gasteiger partial charge in [-0.25, -0.2) is 8.78 Å². The number of ether oxygens (including phenoxy) is 1. The van der Waals surface area contributed by atoms with Gasteiger partial charge in [0.15, 0.2) is 0 Å². The maximum atomic E-state index is 12.9. The van der Waals surface area contributed by atoms with Crippen LogP contribution in [0.15, 0.2) is 72.8 Å². The van der Waals surface area contributed by atoms with Crippen molar-refractivity contribution >= 4 is 22.2 Å². The van der Waals surface area contributed by atoms with E-state index >= 15 is 0 Å². The molecule has 0 aliphatic carbocycles. The minimum Gasteiger partial charge on any atom is -0.489 e. The van der Waals surface area contributed by atoms with E-state index in [0.717, 1.165) is 17.4 Å². The van der Waals surface area contributed by atoms with E-state index in [9.17, 15) is 13.6 Å². The second-order valence-corrected chi connectivity index (χ2v) is 5.93. The van der Waals surface area contributed by atoms with Crippen LogP contribution in [0.1, 0.15) is 21.5 Å². The lowest BCUT2D eigenvalue weighted by atomic mass is 10.2. The molecule has 0 aliphatic heterocycles. The molecule has 134 valence electrons. The van der Waals surface area contributed by atoms with Gasteiger partial charge in [0.05, 0.1) is 0 Å². The molecule has 0 N–H and O–H groups in total. The number of carbonyl (C=O) groups is 1. The van der Waals surface area contributed by atoms with Crippen LogP contribution >= 0.6 is 15.9 Å². The van der Waals surface area contributed by atoms with Crippen molar-refractivity contribution in [2.24, 2.45) is 0 Å². The second-order valence-electron chi connectivity index (χ2n) is 5.37. The monoisotopic (exact) mass is 418 g/mol. The van der Waals surface area contributed by atoms with Crippen LogP contribution in [0.5, 0.6) is 5.75 Å². The van der Waals surface area contributed by atoms with E-state index in [2.05, 4.69) is 15.9 Å². The molecule has 0 fully saturated rings. The van der Waals surface area contributed by atoms with Gasteiger partial charge >= 0.3 is 0 Å². The van der Waals surface area contributed by atoms with Crippen LogP contribution in [0, 0.1) is 11.6 Å². The summed E-state index contributed by atoms with van der Waals surface area (Å²) < 4.78 is 30.7. The van der Waals surface area contributed by atoms with Gasteiger partial charge in [-0.2, -0.15) is 0 Å². The summed E-state index contributed by atoms with van der Waals surface area (Å²) in [6.45, 7) is 0.304. The first kappa shape index (κ1) is 19.8. The SMILES string of the molecule is Fc1cccc(CBr)c1.O=Cc1ccc(OCc2cccc(F)c2)cc1. The normalized spacial score (nSPS) is 9.81. The van der Waals surface area contributed by atoms with Crippen molar-refractivity contribution in [2.75, 3.05) is 0 Å². The van der Waals surface area contributed by atoms with Crippen LogP contribution in [0.2, 0.25) is 0 Å². The first-order valence-corrected chi connectivity index (χ1v) is 8.96. The average Bonchev–Trinajstić information content (AvgIpc) is 2.67. The Kier molecular flexibility index (Phi) is 7.96. The zero-order valence-corrected chi connectivity index (χ0v) is 15.5. The second kappa shape index (κ2) is 10.5. The molecule has 5 heteroatoms. The maximum Gasteiger partial charge on any atom is 0.150 e. The number of carbonyl (C=O) groups excluding carboxylic acids is 1. The first-order chi connectivity index (χ1) is 12.6. The minimum absolute atomic E-state index is 0.174. The molecular formula is C21H17BrF2O2. The van der Waals surface area contributed by atoms with E-state index in [0.29, 0.717) is 23.2 Å². The third-order valence-electron chi connectivity index (χ3n) is 3.35. The predicted octanol–water partition coefficient (Wildman–Crippen LogP) is 5.94.